The van der Waals surface area contributed by atoms with E-state index in [-0.39, 0.29) is 46.0 Å². The van der Waals surface area contributed by atoms with Gasteiger partial charge in [0, 0.05) is 27.2 Å². The summed E-state index contributed by atoms with van der Waals surface area (Å²) in [6.07, 6.45) is 0. The topological polar surface area (TPSA) is 18.1 Å². The highest BCUT2D eigenvalue weighted by atomic mass is 16.3. The van der Waals surface area contributed by atoms with Crippen LogP contribution in [0.5, 0.6) is 0 Å². The minimum atomic E-state index is -0.463. The van der Waals surface area contributed by atoms with Crippen molar-refractivity contribution < 1.29 is 15.4 Å². The number of hydrogen-bond donors (Lipinski definition) is 0. The standard InChI is InChI=1S/C36H23NO/c1-4-18-32-29(14-1)30-15-2-5-19-33(30)37(32)27-13-8-11-25(23-27)24-10-7-12-26(22-24)28-17-9-21-35-36(28)31-16-3-6-20-34(31)38-35/h1-23H/i1D,2D,4D,5D,14D,15D,18D,19D. The van der Waals surface area contributed by atoms with Crippen LogP contribution in [0.3, 0.4) is 0 Å². The molecule has 0 amide bonds. The molecule has 0 saturated heterocycles. The quantitative estimate of drug-likeness (QED) is 0.239. The van der Waals surface area contributed by atoms with Gasteiger partial charge in [-0.1, -0.05) is 96.9 Å². The van der Waals surface area contributed by atoms with Crippen LogP contribution in [-0.4, -0.2) is 4.57 Å². The zero-order valence-corrected chi connectivity index (χ0v) is 20.0. The van der Waals surface area contributed by atoms with E-state index < -0.39 is 24.2 Å². The number of aromatic nitrogens is 1. The minimum absolute atomic E-state index is 0.0563. The summed E-state index contributed by atoms with van der Waals surface area (Å²) >= 11 is 0. The zero-order valence-electron chi connectivity index (χ0n) is 28.0. The van der Waals surface area contributed by atoms with Crippen molar-refractivity contribution in [1.29, 1.82) is 0 Å². The molecule has 0 unspecified atom stereocenters. The molecule has 0 saturated carbocycles. The predicted molar refractivity (Wildman–Crippen MR) is 159 cm³/mol. The van der Waals surface area contributed by atoms with Crippen molar-refractivity contribution in [3.05, 3.63) is 139 Å². The fraction of sp³-hybridized carbons (Fsp3) is 0. The Labute approximate surface area is 231 Å². The third-order valence-electron chi connectivity index (χ3n) is 7.05. The monoisotopic (exact) mass is 493 g/mol. The van der Waals surface area contributed by atoms with Gasteiger partial charge < -0.3 is 8.98 Å². The molecule has 2 aromatic heterocycles. The predicted octanol–water partition coefficient (Wildman–Crippen LogP) is 10.0. The first-order valence-electron chi connectivity index (χ1n) is 16.3. The molecule has 0 spiro atoms. The summed E-state index contributed by atoms with van der Waals surface area (Å²) in [6.45, 7) is 0. The minimum Gasteiger partial charge on any atom is -0.456 e. The van der Waals surface area contributed by atoms with Crippen LogP contribution < -0.4 is 0 Å². The third-order valence-corrected chi connectivity index (χ3v) is 7.05. The van der Waals surface area contributed by atoms with Gasteiger partial charge in [0.15, 0.2) is 0 Å². The molecule has 0 fully saturated rings. The van der Waals surface area contributed by atoms with Gasteiger partial charge >= 0.3 is 0 Å². The third kappa shape index (κ3) is 3.14. The van der Waals surface area contributed by atoms with Crippen molar-refractivity contribution in [2.24, 2.45) is 0 Å². The second-order valence-electron chi connectivity index (χ2n) is 9.19. The van der Waals surface area contributed by atoms with E-state index in [0.717, 1.165) is 44.2 Å². The molecular formula is C36H23NO. The van der Waals surface area contributed by atoms with Crippen LogP contribution in [-0.2, 0) is 0 Å². The van der Waals surface area contributed by atoms with Crippen molar-refractivity contribution in [2.45, 2.75) is 0 Å². The Hall–Kier alpha value is -5.08. The summed E-state index contributed by atoms with van der Waals surface area (Å²) < 4.78 is 76.0. The second-order valence-corrected chi connectivity index (χ2v) is 9.19. The lowest BCUT2D eigenvalue weighted by atomic mass is 9.96. The van der Waals surface area contributed by atoms with Crippen molar-refractivity contribution in [1.82, 2.24) is 4.57 Å². The van der Waals surface area contributed by atoms with Gasteiger partial charge in [0.05, 0.1) is 22.0 Å². The molecule has 8 rings (SSSR count). The van der Waals surface area contributed by atoms with E-state index >= 15 is 0 Å². The van der Waals surface area contributed by atoms with E-state index in [1.807, 2.05) is 72.8 Å². The molecule has 0 aliphatic rings. The summed E-state index contributed by atoms with van der Waals surface area (Å²) in [5.41, 5.74) is 6.03. The summed E-state index contributed by atoms with van der Waals surface area (Å²) in [7, 11) is 0. The summed E-state index contributed by atoms with van der Waals surface area (Å²) in [4.78, 5) is 0. The maximum atomic E-state index is 8.81. The van der Waals surface area contributed by atoms with Crippen LogP contribution in [0.15, 0.2) is 144 Å². The van der Waals surface area contributed by atoms with Crippen LogP contribution >= 0.6 is 0 Å². The fourth-order valence-corrected chi connectivity index (χ4v) is 5.39. The summed E-state index contributed by atoms with van der Waals surface area (Å²) in [5, 5.41) is 2.17. The molecule has 6 aromatic carbocycles. The Morgan fingerprint density at radius 1 is 0.526 bits per heavy atom. The molecule has 2 heteroatoms. The van der Waals surface area contributed by atoms with Gasteiger partial charge in [-0.2, -0.15) is 0 Å². The Kier molecular flexibility index (Phi) is 3.16. The smallest absolute Gasteiger partial charge is 0.136 e. The maximum Gasteiger partial charge on any atom is 0.136 e. The van der Waals surface area contributed by atoms with Crippen LogP contribution in [0.4, 0.5) is 0 Å². The van der Waals surface area contributed by atoms with Gasteiger partial charge in [-0.25, -0.2) is 0 Å². The van der Waals surface area contributed by atoms with E-state index in [1.54, 1.807) is 6.07 Å². The lowest BCUT2D eigenvalue weighted by Crippen LogP contribution is -1.94. The number of fused-ring (bicyclic) bond motifs is 6. The SMILES string of the molecule is [2H]c1c([2H])c([2H])c2c(c1[2H])c1c([2H])c([2H])c([2H])c([2H])c1n2-c1cccc(-c2cccc(-c3cccc4oc5ccccc5c34)c2)c1. The van der Waals surface area contributed by atoms with E-state index in [1.165, 1.54) is 4.57 Å². The van der Waals surface area contributed by atoms with Gasteiger partial charge in [-0.3, -0.25) is 0 Å². The van der Waals surface area contributed by atoms with Crippen LogP contribution in [0.25, 0.3) is 71.7 Å². The van der Waals surface area contributed by atoms with Gasteiger partial charge in [0.2, 0.25) is 0 Å². The number of benzene rings is 6. The van der Waals surface area contributed by atoms with Crippen molar-refractivity contribution >= 4 is 43.7 Å². The van der Waals surface area contributed by atoms with Gasteiger partial charge in [0.25, 0.3) is 0 Å². The number of para-hydroxylation sites is 3. The van der Waals surface area contributed by atoms with E-state index in [4.69, 9.17) is 15.4 Å². The van der Waals surface area contributed by atoms with Gasteiger partial charge in [-0.05, 0) is 64.7 Å². The molecule has 0 aliphatic carbocycles. The van der Waals surface area contributed by atoms with E-state index in [2.05, 4.69) is 12.1 Å². The molecule has 0 aliphatic heterocycles. The normalized spacial score (nSPS) is 14.6. The highest BCUT2D eigenvalue weighted by molar-refractivity contribution is 6.12. The first-order valence-corrected chi connectivity index (χ1v) is 12.3. The van der Waals surface area contributed by atoms with Gasteiger partial charge in [0.1, 0.15) is 11.2 Å². The molecular weight excluding hydrogens is 462 g/mol. The molecule has 2 nitrogen and oxygen atoms in total. The molecule has 8 aromatic rings. The van der Waals surface area contributed by atoms with Crippen LogP contribution in [0, 0.1) is 0 Å². The molecule has 0 N–H and O–H groups in total. The lowest BCUT2D eigenvalue weighted by molar-refractivity contribution is 0.669. The summed E-state index contributed by atoms with van der Waals surface area (Å²) in [6, 6.07) is 26.3. The first-order chi connectivity index (χ1) is 22.2. The van der Waals surface area contributed by atoms with Gasteiger partial charge in [-0.15, -0.1) is 0 Å². The second kappa shape index (κ2) is 8.22. The highest BCUT2D eigenvalue weighted by Crippen LogP contribution is 2.38. The molecule has 0 radical (unpaired) electrons. The first kappa shape index (κ1) is 14.6. The van der Waals surface area contributed by atoms with Crippen molar-refractivity contribution in [3.63, 3.8) is 0 Å². The Balaban J connectivity index is 1.38. The number of furan rings is 1. The summed E-state index contributed by atoms with van der Waals surface area (Å²) in [5.74, 6) is 0. The Morgan fingerprint density at radius 3 is 1.97 bits per heavy atom. The molecule has 0 bridgehead atoms. The van der Waals surface area contributed by atoms with Crippen LogP contribution in [0.2, 0.25) is 0 Å². The zero-order chi connectivity index (χ0) is 32.0. The average molecular weight is 494 g/mol. The fourth-order valence-electron chi connectivity index (χ4n) is 5.39. The maximum absolute atomic E-state index is 8.81. The largest absolute Gasteiger partial charge is 0.456 e. The molecule has 178 valence electrons. The van der Waals surface area contributed by atoms with Crippen molar-refractivity contribution in [2.75, 3.05) is 0 Å². The number of hydrogen-bond acceptors (Lipinski definition) is 1. The van der Waals surface area contributed by atoms with Crippen LogP contribution in [0.1, 0.15) is 11.0 Å². The van der Waals surface area contributed by atoms with E-state index in [9.17, 15) is 0 Å². The average Bonchev–Trinajstić information content (AvgIpc) is 3.65. The Bertz CT molecular complexity index is 2510. The number of nitrogens with zero attached hydrogens (tertiary/aromatic N) is 1. The van der Waals surface area contributed by atoms with Crippen molar-refractivity contribution in [3.8, 4) is 27.9 Å². The molecule has 38 heavy (non-hydrogen) atoms. The molecule has 2 heterocycles. The molecule has 0 atom stereocenters. The Morgan fingerprint density at radius 2 is 1.16 bits per heavy atom. The highest BCUT2D eigenvalue weighted by Gasteiger charge is 2.14. The number of rotatable bonds is 3. The lowest BCUT2D eigenvalue weighted by Gasteiger charge is -2.11. The van der Waals surface area contributed by atoms with E-state index in [0.29, 0.717) is 5.69 Å².